The summed E-state index contributed by atoms with van der Waals surface area (Å²) in [6.45, 7) is 11.2. The highest BCUT2D eigenvalue weighted by molar-refractivity contribution is 7.92. The Morgan fingerprint density at radius 2 is 1.77 bits per heavy atom. The second-order valence-electron chi connectivity index (χ2n) is 12.6. The monoisotopic (exact) mass is 659 g/mol. The van der Waals surface area contributed by atoms with Crippen LogP contribution in [0.5, 0.6) is 5.75 Å². The number of carbonyl (C=O) groups excluding carboxylic acids is 1. The number of methoxy groups -OCH3 is 1. The van der Waals surface area contributed by atoms with E-state index in [0.717, 1.165) is 39.9 Å². The van der Waals surface area contributed by atoms with Gasteiger partial charge >= 0.3 is 0 Å². The zero-order valence-electron chi connectivity index (χ0n) is 27.7. The Morgan fingerprint density at radius 1 is 1.04 bits per heavy atom. The smallest absolute Gasteiger partial charge is 0.255 e. The van der Waals surface area contributed by atoms with E-state index in [-0.39, 0.29) is 28.8 Å². The van der Waals surface area contributed by atoms with Gasteiger partial charge in [0.05, 0.1) is 49.8 Å². The number of ether oxygens (including phenoxy) is 2. The first-order chi connectivity index (χ1) is 22.2. The lowest BCUT2D eigenvalue weighted by molar-refractivity contribution is 0.0547. The van der Waals surface area contributed by atoms with E-state index in [2.05, 4.69) is 25.5 Å². The number of hydrogen-bond donors (Lipinski definition) is 2. The van der Waals surface area contributed by atoms with Crippen molar-refractivity contribution < 1.29 is 22.7 Å². The SMILES string of the molecule is COc1c(NC(=O)c2ccc(C)c(N3CC(c4cnn(COCc5ccccc5)c4C)N=N3)c2)cc(C(C)(C)C)cc1NS(C)(=O)=O. The predicted octanol–water partition coefficient (Wildman–Crippen LogP) is 6.53. The van der Waals surface area contributed by atoms with Crippen LogP contribution in [0.2, 0.25) is 0 Å². The van der Waals surface area contributed by atoms with Gasteiger partial charge in [-0.2, -0.15) is 10.2 Å². The molecular weight excluding hydrogens is 618 g/mol. The van der Waals surface area contributed by atoms with E-state index in [4.69, 9.17) is 9.47 Å². The lowest BCUT2D eigenvalue weighted by Crippen LogP contribution is -2.20. The van der Waals surface area contributed by atoms with E-state index < -0.39 is 10.0 Å². The third-order valence-corrected chi connectivity index (χ3v) is 8.51. The first-order valence-corrected chi connectivity index (χ1v) is 17.1. The average molecular weight is 660 g/mol. The quantitative estimate of drug-likeness (QED) is 0.187. The normalized spacial score (nSPS) is 14.8. The van der Waals surface area contributed by atoms with Crippen molar-refractivity contribution in [1.82, 2.24) is 9.78 Å². The molecule has 13 heteroatoms. The number of carbonyl (C=O) groups is 1. The molecule has 47 heavy (non-hydrogen) atoms. The van der Waals surface area contributed by atoms with Crippen molar-refractivity contribution in [3.8, 4) is 5.75 Å². The first-order valence-electron chi connectivity index (χ1n) is 15.2. The van der Waals surface area contributed by atoms with E-state index in [1.807, 2.05) is 75.7 Å². The summed E-state index contributed by atoms with van der Waals surface area (Å²) < 4.78 is 40.0. The van der Waals surface area contributed by atoms with Crippen LogP contribution in [0.15, 0.2) is 77.2 Å². The largest absolute Gasteiger partial charge is 0.492 e. The summed E-state index contributed by atoms with van der Waals surface area (Å²) in [5.41, 5.74) is 6.13. The number of nitrogens with zero attached hydrogens (tertiary/aromatic N) is 5. The Labute approximate surface area is 275 Å². The van der Waals surface area contributed by atoms with Gasteiger partial charge in [0.2, 0.25) is 10.0 Å². The van der Waals surface area contributed by atoms with Crippen molar-refractivity contribution in [2.24, 2.45) is 10.3 Å². The fraction of sp³-hybridized carbons (Fsp3) is 0.353. The number of aryl methyl sites for hydroxylation is 1. The molecule has 0 saturated heterocycles. The van der Waals surface area contributed by atoms with Crippen LogP contribution in [0.4, 0.5) is 17.1 Å². The standard InChI is InChI=1S/C34H41N7O5S/c1-22-13-14-25(33(42)36-28-16-26(34(3,4)5)17-29(32(28)45-6)38-47(7,43)44)15-31(22)40-19-30(37-39-40)27-18-35-41(23(27)2)21-46-20-24-11-9-8-10-12-24/h8-18,30,38H,19-21H2,1-7H3,(H,36,42). The van der Waals surface area contributed by atoms with Crippen molar-refractivity contribution in [2.45, 2.75) is 59.4 Å². The lowest BCUT2D eigenvalue weighted by Gasteiger charge is -2.24. The number of sulfonamides is 1. The molecular formula is C34H41N7O5S. The Hall–Kier alpha value is -4.75. The van der Waals surface area contributed by atoms with Crippen molar-refractivity contribution in [3.05, 3.63) is 100 Å². The lowest BCUT2D eigenvalue weighted by atomic mass is 9.86. The van der Waals surface area contributed by atoms with Crippen molar-refractivity contribution >= 4 is 33.0 Å². The van der Waals surface area contributed by atoms with Gasteiger partial charge in [0.15, 0.2) is 5.75 Å². The zero-order chi connectivity index (χ0) is 33.9. The molecule has 1 amide bonds. The summed E-state index contributed by atoms with van der Waals surface area (Å²) in [6, 6.07) is 18.6. The third kappa shape index (κ3) is 7.98. The van der Waals surface area contributed by atoms with Gasteiger partial charge in [-0.25, -0.2) is 18.1 Å². The van der Waals surface area contributed by atoms with Gasteiger partial charge in [-0.05, 0) is 60.2 Å². The van der Waals surface area contributed by atoms with Gasteiger partial charge in [0.25, 0.3) is 5.91 Å². The Kier molecular flexibility index (Phi) is 9.68. The molecule has 0 radical (unpaired) electrons. The van der Waals surface area contributed by atoms with Gasteiger partial charge < -0.3 is 14.8 Å². The van der Waals surface area contributed by atoms with Crippen LogP contribution in [-0.2, 0) is 33.5 Å². The van der Waals surface area contributed by atoms with E-state index in [1.54, 1.807) is 35.5 Å². The van der Waals surface area contributed by atoms with Crippen LogP contribution in [0.25, 0.3) is 0 Å². The fourth-order valence-corrected chi connectivity index (χ4v) is 5.84. The highest BCUT2D eigenvalue weighted by Gasteiger charge is 2.28. The van der Waals surface area contributed by atoms with Crippen LogP contribution in [0, 0.1) is 13.8 Å². The summed E-state index contributed by atoms with van der Waals surface area (Å²) in [4.78, 5) is 13.6. The first kappa shape index (κ1) is 33.6. The number of hydrogen-bond acceptors (Lipinski definition) is 9. The van der Waals surface area contributed by atoms with E-state index >= 15 is 0 Å². The van der Waals surface area contributed by atoms with Crippen LogP contribution in [0.3, 0.4) is 0 Å². The fourth-order valence-electron chi connectivity index (χ4n) is 5.28. The maximum Gasteiger partial charge on any atom is 0.255 e. The molecule has 12 nitrogen and oxygen atoms in total. The molecule has 5 rings (SSSR count). The average Bonchev–Trinajstić information content (AvgIpc) is 3.63. The van der Waals surface area contributed by atoms with E-state index in [1.165, 1.54) is 7.11 Å². The van der Waals surface area contributed by atoms with Crippen LogP contribution in [0.1, 0.15) is 65.1 Å². The zero-order valence-corrected chi connectivity index (χ0v) is 28.6. The van der Waals surface area contributed by atoms with Crippen LogP contribution in [-0.4, -0.2) is 44.0 Å². The summed E-state index contributed by atoms with van der Waals surface area (Å²) in [5.74, 6) is -0.178. The molecule has 0 aliphatic carbocycles. The minimum atomic E-state index is -3.61. The second kappa shape index (κ2) is 13.5. The van der Waals surface area contributed by atoms with Gasteiger partial charge in [-0.3, -0.25) is 9.52 Å². The predicted molar refractivity (Wildman–Crippen MR) is 182 cm³/mol. The minimum Gasteiger partial charge on any atom is -0.492 e. The molecule has 2 heterocycles. The summed E-state index contributed by atoms with van der Waals surface area (Å²) >= 11 is 0. The molecule has 0 bridgehead atoms. The number of amides is 1. The highest BCUT2D eigenvalue weighted by atomic mass is 32.2. The topological polar surface area (TPSA) is 140 Å². The van der Waals surface area contributed by atoms with Crippen molar-refractivity contribution in [1.29, 1.82) is 0 Å². The summed E-state index contributed by atoms with van der Waals surface area (Å²) in [7, 11) is -2.18. The molecule has 0 fully saturated rings. The maximum absolute atomic E-state index is 13.6. The van der Waals surface area contributed by atoms with Gasteiger partial charge in [0.1, 0.15) is 12.8 Å². The van der Waals surface area contributed by atoms with Crippen molar-refractivity contribution in [2.75, 3.05) is 35.0 Å². The number of benzene rings is 3. The molecule has 3 aromatic carbocycles. The van der Waals surface area contributed by atoms with Crippen LogP contribution >= 0.6 is 0 Å². The van der Waals surface area contributed by atoms with E-state index in [0.29, 0.717) is 31.1 Å². The highest BCUT2D eigenvalue weighted by Crippen LogP contribution is 2.40. The van der Waals surface area contributed by atoms with Gasteiger partial charge in [-0.1, -0.05) is 62.4 Å². The molecule has 0 saturated carbocycles. The second-order valence-corrected chi connectivity index (χ2v) is 14.4. The molecule has 1 aliphatic heterocycles. The summed E-state index contributed by atoms with van der Waals surface area (Å²) in [5, 5.41) is 18.2. The molecule has 0 spiro atoms. The Balaban J connectivity index is 1.32. The number of rotatable bonds is 11. The minimum absolute atomic E-state index is 0.210. The Bertz CT molecular complexity index is 1900. The third-order valence-electron chi connectivity index (χ3n) is 7.92. The van der Waals surface area contributed by atoms with Crippen molar-refractivity contribution in [3.63, 3.8) is 0 Å². The van der Waals surface area contributed by atoms with Gasteiger partial charge in [0, 0.05) is 16.8 Å². The molecule has 1 aromatic heterocycles. The molecule has 1 aliphatic rings. The molecule has 1 atom stereocenters. The van der Waals surface area contributed by atoms with Gasteiger partial charge in [-0.15, -0.1) is 0 Å². The van der Waals surface area contributed by atoms with Crippen LogP contribution < -0.4 is 19.8 Å². The molecule has 248 valence electrons. The number of anilines is 3. The molecule has 4 aromatic rings. The van der Waals surface area contributed by atoms with E-state index in [9.17, 15) is 13.2 Å². The molecule has 1 unspecified atom stereocenters. The number of nitrogens with one attached hydrogen (secondary N) is 2. The summed E-state index contributed by atoms with van der Waals surface area (Å²) in [6.07, 6.45) is 2.87. The Morgan fingerprint density at radius 3 is 2.45 bits per heavy atom. The number of aromatic nitrogens is 2. The maximum atomic E-state index is 13.6. The molecule has 2 N–H and O–H groups in total.